The molecular weight excluding hydrogens is 411 g/mol. The van der Waals surface area contributed by atoms with Crippen molar-refractivity contribution < 1.29 is 12.8 Å². The van der Waals surface area contributed by atoms with E-state index >= 15 is 0 Å². The quantitative estimate of drug-likeness (QED) is 0.457. The van der Waals surface area contributed by atoms with Gasteiger partial charge < -0.3 is 4.57 Å². The fourth-order valence-electron chi connectivity index (χ4n) is 4.59. The molecule has 0 saturated heterocycles. The normalized spacial score (nSPS) is 17.1. The standard InChI is InChI=1S/C25H23FN2O2S/c1-17-7-13-20(14-8-17)31(29,30)28-15-22(18-9-11-19(26)12-10-18)25-21-5-3-4-6-23(21)27(2)24(25)16-28/h3-14,22H,15-16H2,1-2H3. The number of hydrogen-bond acceptors (Lipinski definition) is 2. The third kappa shape index (κ3) is 3.27. The first-order chi connectivity index (χ1) is 14.9. The Bertz CT molecular complexity index is 1370. The Balaban J connectivity index is 1.69. The molecule has 0 N–H and O–H groups in total. The molecule has 0 bridgehead atoms. The third-order valence-electron chi connectivity index (χ3n) is 6.26. The van der Waals surface area contributed by atoms with E-state index in [2.05, 4.69) is 10.6 Å². The van der Waals surface area contributed by atoms with E-state index in [0.29, 0.717) is 13.1 Å². The number of aromatic nitrogens is 1. The number of benzene rings is 3. The number of halogens is 1. The topological polar surface area (TPSA) is 42.3 Å². The number of sulfonamides is 1. The van der Waals surface area contributed by atoms with Gasteiger partial charge in [0.25, 0.3) is 0 Å². The summed E-state index contributed by atoms with van der Waals surface area (Å²) in [6.45, 7) is 2.54. The molecule has 0 amide bonds. The minimum Gasteiger partial charge on any atom is -0.346 e. The van der Waals surface area contributed by atoms with Gasteiger partial charge in [0.15, 0.2) is 0 Å². The molecule has 0 saturated carbocycles. The summed E-state index contributed by atoms with van der Waals surface area (Å²) in [5.41, 5.74) is 5.08. The van der Waals surface area contributed by atoms with E-state index in [1.54, 1.807) is 28.6 Å². The molecule has 1 aromatic heterocycles. The lowest BCUT2D eigenvalue weighted by Crippen LogP contribution is -2.39. The first kappa shape index (κ1) is 20.0. The van der Waals surface area contributed by atoms with E-state index in [1.165, 1.54) is 12.1 Å². The zero-order valence-electron chi connectivity index (χ0n) is 17.4. The Morgan fingerprint density at radius 1 is 0.935 bits per heavy atom. The molecule has 5 rings (SSSR count). The lowest BCUT2D eigenvalue weighted by molar-refractivity contribution is 0.364. The van der Waals surface area contributed by atoms with Crippen LogP contribution < -0.4 is 0 Å². The van der Waals surface area contributed by atoms with Crippen molar-refractivity contribution >= 4 is 20.9 Å². The number of rotatable bonds is 3. The molecule has 158 valence electrons. The van der Waals surface area contributed by atoms with Crippen molar-refractivity contribution in [3.8, 4) is 0 Å². The van der Waals surface area contributed by atoms with Crippen LogP contribution in [0.2, 0.25) is 0 Å². The summed E-state index contributed by atoms with van der Waals surface area (Å²) in [7, 11) is -1.70. The van der Waals surface area contributed by atoms with E-state index in [-0.39, 0.29) is 16.6 Å². The highest BCUT2D eigenvalue weighted by atomic mass is 32.2. The average molecular weight is 435 g/mol. The van der Waals surface area contributed by atoms with Crippen LogP contribution in [0.5, 0.6) is 0 Å². The van der Waals surface area contributed by atoms with Gasteiger partial charge in [0.05, 0.1) is 11.4 Å². The fraction of sp³-hybridized carbons (Fsp3) is 0.200. The van der Waals surface area contributed by atoms with Crippen LogP contribution in [0.25, 0.3) is 10.9 Å². The van der Waals surface area contributed by atoms with Crippen LogP contribution >= 0.6 is 0 Å². The predicted octanol–water partition coefficient (Wildman–Crippen LogP) is 4.96. The lowest BCUT2D eigenvalue weighted by Gasteiger charge is -2.33. The van der Waals surface area contributed by atoms with Gasteiger partial charge in [0.1, 0.15) is 5.82 Å². The first-order valence-electron chi connectivity index (χ1n) is 10.2. The molecule has 0 fully saturated rings. The van der Waals surface area contributed by atoms with Gasteiger partial charge in [0.2, 0.25) is 10.0 Å². The summed E-state index contributed by atoms with van der Waals surface area (Å²) in [6, 6.07) is 21.5. The van der Waals surface area contributed by atoms with Crippen LogP contribution in [-0.4, -0.2) is 23.8 Å². The second kappa shape index (κ2) is 7.32. The maximum atomic E-state index is 13.6. The SMILES string of the molecule is Cc1ccc(S(=O)(=O)N2Cc3c(c4ccccc4n3C)C(c3ccc(F)cc3)C2)cc1. The van der Waals surface area contributed by atoms with Crippen LogP contribution in [-0.2, 0) is 23.6 Å². The van der Waals surface area contributed by atoms with Crippen LogP contribution in [0.1, 0.15) is 28.3 Å². The smallest absolute Gasteiger partial charge is 0.243 e. The Kier molecular flexibility index (Phi) is 4.72. The molecule has 1 aliphatic rings. The van der Waals surface area contributed by atoms with Gasteiger partial charge in [-0.15, -0.1) is 0 Å². The summed E-state index contributed by atoms with van der Waals surface area (Å²) >= 11 is 0. The van der Waals surface area contributed by atoms with Gasteiger partial charge in [-0.2, -0.15) is 4.31 Å². The Labute approximate surface area is 181 Å². The molecule has 0 spiro atoms. The largest absolute Gasteiger partial charge is 0.346 e. The lowest BCUT2D eigenvalue weighted by atomic mass is 9.87. The summed E-state index contributed by atoms with van der Waals surface area (Å²) < 4.78 is 44.3. The molecule has 6 heteroatoms. The van der Waals surface area contributed by atoms with Crippen molar-refractivity contribution in [2.45, 2.75) is 24.3 Å². The van der Waals surface area contributed by atoms with Gasteiger partial charge in [0, 0.05) is 36.1 Å². The molecule has 0 aliphatic carbocycles. The minimum atomic E-state index is -3.68. The second-order valence-electron chi connectivity index (χ2n) is 8.15. The highest BCUT2D eigenvalue weighted by Crippen LogP contribution is 2.41. The molecule has 1 unspecified atom stereocenters. The molecule has 1 atom stereocenters. The second-order valence-corrected chi connectivity index (χ2v) is 10.1. The monoisotopic (exact) mass is 434 g/mol. The number of nitrogens with zero attached hydrogens (tertiary/aromatic N) is 2. The van der Waals surface area contributed by atoms with Gasteiger partial charge in [-0.05, 0) is 48.4 Å². The number of para-hydroxylation sites is 1. The van der Waals surface area contributed by atoms with Crippen LogP contribution in [0, 0.1) is 12.7 Å². The molecule has 4 aromatic rings. The predicted molar refractivity (Wildman–Crippen MR) is 120 cm³/mol. The zero-order valence-corrected chi connectivity index (χ0v) is 18.2. The van der Waals surface area contributed by atoms with Crippen molar-refractivity contribution in [2.24, 2.45) is 7.05 Å². The maximum absolute atomic E-state index is 13.6. The summed E-state index contributed by atoms with van der Waals surface area (Å²) in [4.78, 5) is 0.290. The maximum Gasteiger partial charge on any atom is 0.243 e. The Morgan fingerprint density at radius 2 is 1.61 bits per heavy atom. The Morgan fingerprint density at radius 3 is 2.32 bits per heavy atom. The van der Waals surface area contributed by atoms with Crippen molar-refractivity contribution in [3.05, 3.63) is 101 Å². The minimum absolute atomic E-state index is 0.185. The molecular formula is C25H23FN2O2S. The van der Waals surface area contributed by atoms with Crippen molar-refractivity contribution in [3.63, 3.8) is 0 Å². The fourth-order valence-corrected chi connectivity index (χ4v) is 6.01. The molecule has 4 nitrogen and oxygen atoms in total. The summed E-state index contributed by atoms with van der Waals surface area (Å²) in [5.74, 6) is -0.488. The van der Waals surface area contributed by atoms with Gasteiger partial charge in [-0.1, -0.05) is 48.0 Å². The van der Waals surface area contributed by atoms with Crippen molar-refractivity contribution in [1.29, 1.82) is 0 Å². The van der Waals surface area contributed by atoms with Crippen LogP contribution in [0.3, 0.4) is 0 Å². The molecule has 1 aliphatic heterocycles. The van der Waals surface area contributed by atoms with Gasteiger partial charge in [-0.25, -0.2) is 12.8 Å². The number of fused-ring (bicyclic) bond motifs is 3. The van der Waals surface area contributed by atoms with Gasteiger partial charge >= 0.3 is 0 Å². The molecule has 31 heavy (non-hydrogen) atoms. The average Bonchev–Trinajstić information content (AvgIpc) is 3.07. The molecule has 2 heterocycles. The van der Waals surface area contributed by atoms with E-state index < -0.39 is 10.0 Å². The van der Waals surface area contributed by atoms with Crippen LogP contribution in [0.4, 0.5) is 4.39 Å². The number of aryl methyl sites for hydroxylation is 2. The van der Waals surface area contributed by atoms with Crippen LogP contribution in [0.15, 0.2) is 77.7 Å². The highest BCUT2D eigenvalue weighted by molar-refractivity contribution is 7.89. The Hall–Kier alpha value is -2.96. The molecule has 0 radical (unpaired) electrons. The van der Waals surface area contributed by atoms with E-state index in [4.69, 9.17) is 0 Å². The van der Waals surface area contributed by atoms with E-state index in [0.717, 1.165) is 33.3 Å². The molecule has 3 aromatic carbocycles. The van der Waals surface area contributed by atoms with Crippen molar-refractivity contribution in [1.82, 2.24) is 8.87 Å². The zero-order chi connectivity index (χ0) is 21.8. The van der Waals surface area contributed by atoms with Gasteiger partial charge in [-0.3, -0.25) is 0 Å². The summed E-state index contributed by atoms with van der Waals surface area (Å²) in [6.07, 6.45) is 0. The first-order valence-corrected chi connectivity index (χ1v) is 11.7. The third-order valence-corrected chi connectivity index (χ3v) is 8.09. The number of hydrogen-bond donors (Lipinski definition) is 0. The van der Waals surface area contributed by atoms with E-state index in [9.17, 15) is 12.8 Å². The van der Waals surface area contributed by atoms with Crippen molar-refractivity contribution in [2.75, 3.05) is 6.54 Å². The summed E-state index contributed by atoms with van der Waals surface area (Å²) in [5, 5.41) is 1.11. The highest BCUT2D eigenvalue weighted by Gasteiger charge is 2.37. The van der Waals surface area contributed by atoms with E-state index in [1.807, 2.05) is 44.3 Å².